The Hall–Kier alpha value is -2.60. The number of benzene rings is 2. The van der Waals surface area contributed by atoms with Gasteiger partial charge in [0.15, 0.2) is 0 Å². The van der Waals surface area contributed by atoms with Crippen LogP contribution in [-0.2, 0) is 4.79 Å². The largest absolute Gasteiger partial charge is 0.480 e. The lowest BCUT2D eigenvalue weighted by Gasteiger charge is -2.30. The number of carbonyl (C=O) groups is 2. The van der Waals surface area contributed by atoms with Crippen LogP contribution in [-0.4, -0.2) is 34.2 Å². The van der Waals surface area contributed by atoms with E-state index in [2.05, 4.69) is 5.32 Å². The number of amides is 1. The summed E-state index contributed by atoms with van der Waals surface area (Å²) in [6.07, 6.45) is 1.89. The van der Waals surface area contributed by atoms with Gasteiger partial charge in [0.1, 0.15) is 6.04 Å². The molecule has 2 aromatic carbocycles. The van der Waals surface area contributed by atoms with E-state index < -0.39 is 17.9 Å². The number of aliphatic hydroxyl groups is 1. The zero-order valence-electron chi connectivity index (χ0n) is 13.8. The molecule has 25 heavy (non-hydrogen) atoms. The van der Waals surface area contributed by atoms with Crippen LogP contribution in [0.1, 0.15) is 36.0 Å². The fourth-order valence-electron chi connectivity index (χ4n) is 3.49. The zero-order chi connectivity index (χ0) is 18.0. The van der Waals surface area contributed by atoms with Crippen LogP contribution in [0.2, 0.25) is 0 Å². The molecule has 6 heteroatoms. The summed E-state index contributed by atoms with van der Waals surface area (Å²) in [4.78, 5) is 24.3. The monoisotopic (exact) mass is 342 g/mol. The molecule has 132 valence electrons. The maximum Gasteiger partial charge on any atom is 0.326 e. The number of anilines is 1. The summed E-state index contributed by atoms with van der Waals surface area (Å²) in [6.45, 7) is 0. The Morgan fingerprint density at radius 3 is 2.28 bits per heavy atom. The molecule has 0 radical (unpaired) electrons. The van der Waals surface area contributed by atoms with Crippen LogP contribution >= 0.6 is 0 Å². The summed E-state index contributed by atoms with van der Waals surface area (Å²) < 4.78 is 0. The number of carboxylic acid groups (broad SMARTS) is 1. The Morgan fingerprint density at radius 1 is 1.08 bits per heavy atom. The predicted octanol–water partition coefficient (Wildman–Crippen LogP) is 2.16. The average molecular weight is 342 g/mol. The van der Waals surface area contributed by atoms with Gasteiger partial charge in [-0.2, -0.15) is 0 Å². The molecule has 1 amide bonds. The van der Waals surface area contributed by atoms with Crippen molar-refractivity contribution in [1.82, 2.24) is 5.32 Å². The van der Waals surface area contributed by atoms with Gasteiger partial charge in [-0.15, -0.1) is 0 Å². The van der Waals surface area contributed by atoms with E-state index in [9.17, 15) is 19.8 Å². The lowest BCUT2D eigenvalue weighted by Crippen LogP contribution is -2.47. The fourth-order valence-corrected chi connectivity index (χ4v) is 3.49. The maximum absolute atomic E-state index is 12.6. The first-order chi connectivity index (χ1) is 12.0. The number of nitrogen functional groups attached to an aromatic ring is 1. The molecular formula is C19H22N2O4. The van der Waals surface area contributed by atoms with Crippen LogP contribution in [0.25, 0.3) is 10.8 Å². The second-order valence-corrected chi connectivity index (χ2v) is 6.64. The lowest BCUT2D eigenvalue weighted by atomic mass is 9.82. The number of carbonyl (C=O) groups excluding carboxylic acids is 1. The number of carboxylic acids is 1. The van der Waals surface area contributed by atoms with Gasteiger partial charge >= 0.3 is 5.97 Å². The molecule has 1 saturated carbocycles. The molecule has 3 rings (SSSR count). The molecule has 1 aliphatic carbocycles. The number of hydrogen-bond donors (Lipinski definition) is 4. The lowest BCUT2D eigenvalue weighted by molar-refractivity contribution is -0.141. The zero-order valence-corrected chi connectivity index (χ0v) is 13.8. The number of nitrogens with one attached hydrogen (secondary N) is 1. The molecule has 0 aromatic heterocycles. The van der Waals surface area contributed by atoms with Crippen molar-refractivity contribution in [1.29, 1.82) is 0 Å². The molecule has 0 spiro atoms. The molecular weight excluding hydrogens is 320 g/mol. The van der Waals surface area contributed by atoms with Crippen LogP contribution in [0, 0.1) is 5.92 Å². The van der Waals surface area contributed by atoms with Crippen molar-refractivity contribution < 1.29 is 19.8 Å². The second-order valence-electron chi connectivity index (χ2n) is 6.64. The Labute approximate surface area is 145 Å². The van der Waals surface area contributed by atoms with Crippen LogP contribution in [0.3, 0.4) is 0 Å². The minimum absolute atomic E-state index is 0.188. The Balaban J connectivity index is 1.82. The first kappa shape index (κ1) is 17.2. The van der Waals surface area contributed by atoms with E-state index in [1.807, 2.05) is 24.3 Å². The van der Waals surface area contributed by atoms with Crippen molar-refractivity contribution in [3.05, 3.63) is 42.0 Å². The number of nitrogens with two attached hydrogens (primary N) is 1. The SMILES string of the molecule is Nc1cc2ccccc2cc1C(=O)N[C@H](C(=O)O)C1CCC(O)CC1. The molecule has 0 aliphatic heterocycles. The molecule has 6 nitrogen and oxygen atoms in total. The first-order valence-electron chi connectivity index (χ1n) is 8.45. The first-order valence-corrected chi connectivity index (χ1v) is 8.45. The normalized spacial score (nSPS) is 21.6. The summed E-state index contributed by atoms with van der Waals surface area (Å²) in [6, 6.07) is 9.96. The third kappa shape index (κ3) is 3.74. The molecule has 1 fully saturated rings. The van der Waals surface area contributed by atoms with Gasteiger partial charge in [0.2, 0.25) is 0 Å². The van der Waals surface area contributed by atoms with Gasteiger partial charge in [-0.05, 0) is 54.5 Å². The predicted molar refractivity (Wildman–Crippen MR) is 95.2 cm³/mol. The van der Waals surface area contributed by atoms with Crippen molar-refractivity contribution >= 4 is 28.3 Å². The smallest absolute Gasteiger partial charge is 0.326 e. The van der Waals surface area contributed by atoms with Crippen molar-refractivity contribution in [2.45, 2.75) is 37.8 Å². The van der Waals surface area contributed by atoms with E-state index in [1.165, 1.54) is 0 Å². The highest BCUT2D eigenvalue weighted by atomic mass is 16.4. The third-order valence-electron chi connectivity index (χ3n) is 4.93. The summed E-state index contributed by atoms with van der Waals surface area (Å²) in [7, 11) is 0. The van der Waals surface area contributed by atoms with Crippen molar-refractivity contribution in [2.75, 3.05) is 5.73 Å². The summed E-state index contributed by atoms with van der Waals surface area (Å²) in [5, 5.41) is 23.5. The van der Waals surface area contributed by atoms with E-state index in [0.717, 1.165) is 10.8 Å². The highest BCUT2D eigenvalue weighted by molar-refractivity contribution is 6.05. The van der Waals surface area contributed by atoms with Gasteiger partial charge in [-0.25, -0.2) is 4.79 Å². The molecule has 0 unspecified atom stereocenters. The standard InChI is InChI=1S/C19H22N2O4/c20-16-10-13-4-2-1-3-12(13)9-15(16)18(23)21-17(19(24)25)11-5-7-14(22)8-6-11/h1-4,9-11,14,17,22H,5-8,20H2,(H,21,23)(H,24,25)/t11?,14?,17-/m0/s1. The molecule has 0 heterocycles. The highest BCUT2D eigenvalue weighted by Gasteiger charge is 2.33. The van der Waals surface area contributed by atoms with Gasteiger partial charge in [0, 0.05) is 5.69 Å². The Bertz CT molecular complexity index is 797. The minimum Gasteiger partial charge on any atom is -0.480 e. The highest BCUT2D eigenvalue weighted by Crippen LogP contribution is 2.28. The number of rotatable bonds is 4. The Morgan fingerprint density at radius 2 is 1.68 bits per heavy atom. The van der Waals surface area contributed by atoms with E-state index in [4.69, 9.17) is 5.73 Å². The third-order valence-corrected chi connectivity index (χ3v) is 4.93. The van der Waals surface area contributed by atoms with Crippen LogP contribution in [0.5, 0.6) is 0 Å². The molecule has 5 N–H and O–H groups in total. The van der Waals surface area contributed by atoms with E-state index >= 15 is 0 Å². The van der Waals surface area contributed by atoms with Gasteiger partial charge in [0.05, 0.1) is 11.7 Å². The maximum atomic E-state index is 12.6. The quantitative estimate of drug-likeness (QED) is 0.636. The second kappa shape index (κ2) is 7.11. The summed E-state index contributed by atoms with van der Waals surface area (Å²) >= 11 is 0. The number of hydrogen-bond acceptors (Lipinski definition) is 4. The van der Waals surface area contributed by atoms with Crippen LogP contribution in [0.4, 0.5) is 5.69 Å². The molecule has 0 saturated heterocycles. The van der Waals surface area contributed by atoms with Crippen molar-refractivity contribution in [3.63, 3.8) is 0 Å². The number of aliphatic carboxylic acids is 1. The van der Waals surface area contributed by atoms with Crippen LogP contribution in [0.15, 0.2) is 36.4 Å². The van der Waals surface area contributed by atoms with Crippen molar-refractivity contribution in [3.8, 4) is 0 Å². The van der Waals surface area contributed by atoms with Gasteiger partial charge < -0.3 is 21.3 Å². The average Bonchev–Trinajstić information content (AvgIpc) is 2.59. The van der Waals surface area contributed by atoms with E-state index in [1.54, 1.807) is 12.1 Å². The molecule has 0 bridgehead atoms. The van der Waals surface area contributed by atoms with E-state index in [0.29, 0.717) is 31.4 Å². The molecule has 1 aliphatic rings. The Kier molecular flexibility index (Phi) is 4.90. The summed E-state index contributed by atoms with van der Waals surface area (Å²) in [5.41, 5.74) is 6.59. The number of aliphatic hydroxyl groups excluding tert-OH is 1. The molecule has 1 atom stereocenters. The van der Waals surface area contributed by atoms with Gasteiger partial charge in [0.25, 0.3) is 5.91 Å². The summed E-state index contributed by atoms with van der Waals surface area (Å²) in [5.74, 6) is -1.73. The molecule has 2 aromatic rings. The van der Waals surface area contributed by atoms with Crippen molar-refractivity contribution in [2.24, 2.45) is 5.92 Å². The fraction of sp³-hybridized carbons (Fsp3) is 0.368. The van der Waals surface area contributed by atoms with Gasteiger partial charge in [-0.3, -0.25) is 4.79 Å². The van der Waals surface area contributed by atoms with E-state index in [-0.39, 0.29) is 17.6 Å². The number of fused-ring (bicyclic) bond motifs is 1. The van der Waals surface area contributed by atoms with Gasteiger partial charge in [-0.1, -0.05) is 24.3 Å². The topological polar surface area (TPSA) is 113 Å². The minimum atomic E-state index is -1.06. The van der Waals surface area contributed by atoms with Crippen LogP contribution < -0.4 is 11.1 Å².